The van der Waals surface area contributed by atoms with Gasteiger partial charge in [-0.15, -0.1) is 26.3 Å². The predicted octanol–water partition coefficient (Wildman–Crippen LogP) is 9.71. The monoisotopic (exact) mass is 908 g/mol. The molecule has 344 valence electrons. The minimum Gasteiger partial charge on any atom is -0.497 e. The molecule has 0 fully saturated rings. The number of hydrogen-bond acceptors (Lipinski definition) is 8. The number of alkyl halides is 6. The van der Waals surface area contributed by atoms with Gasteiger partial charge in [0.15, 0.2) is 0 Å². The highest BCUT2D eigenvalue weighted by Crippen LogP contribution is 2.46. The number of benzene rings is 4. The Morgan fingerprint density at radius 3 is 1.34 bits per heavy atom. The first kappa shape index (κ1) is 47.5. The molecule has 12 nitrogen and oxygen atoms in total. The lowest BCUT2D eigenvalue weighted by Crippen LogP contribution is -2.42. The van der Waals surface area contributed by atoms with E-state index in [0.29, 0.717) is 35.1 Å². The van der Waals surface area contributed by atoms with Gasteiger partial charge in [-0.05, 0) is 130 Å². The summed E-state index contributed by atoms with van der Waals surface area (Å²) >= 11 is 0. The normalized spacial score (nSPS) is 12.8. The Bertz CT molecular complexity index is 2740. The maximum absolute atomic E-state index is 15.1. The van der Waals surface area contributed by atoms with Crippen LogP contribution in [0.1, 0.15) is 88.7 Å². The van der Waals surface area contributed by atoms with Gasteiger partial charge in [-0.2, -0.15) is 0 Å². The number of carbonyl (C=O) groups excluding carboxylic acids is 4. The zero-order chi connectivity index (χ0) is 47.5. The van der Waals surface area contributed by atoms with Gasteiger partial charge < -0.3 is 29.6 Å². The van der Waals surface area contributed by atoms with Crippen LogP contribution >= 0.6 is 0 Å². The van der Waals surface area contributed by atoms with E-state index in [1.54, 1.807) is 64.1 Å². The highest BCUT2D eigenvalue weighted by atomic mass is 19.4. The van der Waals surface area contributed by atoms with Gasteiger partial charge in [-0.3, -0.25) is 28.3 Å². The summed E-state index contributed by atoms with van der Waals surface area (Å²) in [6.07, 6.45) is -8.67. The zero-order valence-electron chi connectivity index (χ0n) is 36.4. The maximum atomic E-state index is 15.1. The molecule has 0 aliphatic rings. The molecule has 2 N–H and O–H groups in total. The van der Waals surface area contributed by atoms with Crippen LogP contribution in [-0.4, -0.2) is 72.3 Å². The summed E-state index contributed by atoms with van der Waals surface area (Å²) in [6, 6.07) is 17.8. The van der Waals surface area contributed by atoms with Crippen molar-refractivity contribution in [2.75, 3.05) is 20.8 Å². The fraction of sp³-hybridized carbons (Fsp3) is 0.319. The van der Waals surface area contributed by atoms with Crippen molar-refractivity contribution >= 4 is 45.4 Å². The van der Waals surface area contributed by atoms with Crippen LogP contribution in [0.15, 0.2) is 84.9 Å². The minimum absolute atomic E-state index is 0.0255. The molecule has 0 bridgehead atoms. The molecule has 4 aromatic carbocycles. The highest BCUT2D eigenvalue weighted by molar-refractivity contribution is 6.09. The smallest absolute Gasteiger partial charge is 0.497 e. The van der Waals surface area contributed by atoms with E-state index in [2.05, 4.69) is 20.1 Å². The van der Waals surface area contributed by atoms with Crippen molar-refractivity contribution in [3.63, 3.8) is 0 Å². The predicted molar refractivity (Wildman–Crippen MR) is 229 cm³/mol. The molecule has 2 aromatic heterocycles. The molecule has 18 heteroatoms. The molecule has 0 aliphatic heterocycles. The van der Waals surface area contributed by atoms with Crippen LogP contribution < -0.4 is 29.6 Å². The molecular formula is C47H46F6N4O8. The van der Waals surface area contributed by atoms with Crippen molar-refractivity contribution in [3.05, 3.63) is 119 Å². The number of unbranched alkanes of at least 4 members (excludes halogenated alkanes) is 1. The second kappa shape index (κ2) is 19.0. The van der Waals surface area contributed by atoms with E-state index in [4.69, 9.17) is 9.47 Å². The number of carbonyl (C=O) groups is 4. The number of ether oxygens (including phenoxy) is 4. The van der Waals surface area contributed by atoms with E-state index in [1.165, 1.54) is 47.6 Å². The van der Waals surface area contributed by atoms with Crippen LogP contribution in [0.3, 0.4) is 0 Å². The third kappa shape index (κ3) is 10.2. The van der Waals surface area contributed by atoms with E-state index in [0.717, 1.165) is 24.3 Å². The van der Waals surface area contributed by atoms with E-state index in [9.17, 15) is 35.9 Å². The number of halogens is 6. The van der Waals surface area contributed by atoms with Gasteiger partial charge in [-0.1, -0.05) is 13.3 Å². The van der Waals surface area contributed by atoms with Crippen molar-refractivity contribution in [2.24, 2.45) is 0 Å². The summed E-state index contributed by atoms with van der Waals surface area (Å²) in [4.78, 5) is 59.3. The van der Waals surface area contributed by atoms with E-state index in [-0.39, 0.29) is 51.2 Å². The third-order valence-corrected chi connectivity index (χ3v) is 10.8. The number of rotatable bonds is 15. The number of nitrogens with zero attached hydrogens (tertiary/aromatic N) is 2. The lowest BCUT2D eigenvalue weighted by molar-refractivity contribution is -0.275. The van der Waals surface area contributed by atoms with Crippen LogP contribution in [-0.2, 0) is 9.59 Å². The molecule has 2 atom stereocenters. The molecule has 0 radical (unpaired) electrons. The average Bonchev–Trinajstić information content (AvgIpc) is 3.69. The van der Waals surface area contributed by atoms with Crippen molar-refractivity contribution in [1.82, 2.24) is 19.8 Å². The maximum Gasteiger partial charge on any atom is 0.573 e. The van der Waals surface area contributed by atoms with Crippen molar-refractivity contribution < 1.29 is 64.5 Å². The molecule has 2 amide bonds. The number of amides is 2. The lowest BCUT2D eigenvalue weighted by Gasteiger charge is -2.28. The Balaban J connectivity index is 1.65. The van der Waals surface area contributed by atoms with Crippen molar-refractivity contribution in [2.45, 2.75) is 78.1 Å². The minimum atomic E-state index is -4.97. The van der Waals surface area contributed by atoms with Crippen LogP contribution in [0.4, 0.5) is 26.3 Å². The number of hydrogen-bond donors (Lipinski definition) is 2. The summed E-state index contributed by atoms with van der Waals surface area (Å²) in [5.74, 6) is -5.92. The van der Waals surface area contributed by atoms with Gasteiger partial charge >= 0.3 is 12.7 Å². The summed E-state index contributed by atoms with van der Waals surface area (Å²) in [6.45, 7) is 8.76. The SMILES string of the molecule is CCCCNC(=O)C(c1c(C)n(C(=O)c2ccc(OC(F)(F)F)cc2)c2ccc(OC)cc12)C(C(=O)NC(C)C)c1c(C)n(C(=O)c2ccc(OC(F)(F)F)cc2)c2ccc(OC)cc12. The van der Waals surface area contributed by atoms with Crippen molar-refractivity contribution in [1.29, 1.82) is 0 Å². The second-order valence-electron chi connectivity index (χ2n) is 15.5. The Morgan fingerprint density at radius 2 is 0.985 bits per heavy atom. The molecule has 2 unspecified atom stereocenters. The number of nitrogens with one attached hydrogen (secondary N) is 2. The van der Waals surface area contributed by atoms with E-state index >= 15 is 9.59 Å². The molecule has 0 saturated carbocycles. The van der Waals surface area contributed by atoms with E-state index < -0.39 is 65.7 Å². The third-order valence-electron chi connectivity index (χ3n) is 10.8. The summed E-state index contributed by atoms with van der Waals surface area (Å²) in [5, 5.41) is 6.60. The van der Waals surface area contributed by atoms with Gasteiger partial charge in [0.05, 0.1) is 37.1 Å². The van der Waals surface area contributed by atoms with Gasteiger partial charge in [0, 0.05) is 45.9 Å². The average molecular weight is 909 g/mol. The Labute approximate surface area is 369 Å². The number of methoxy groups -OCH3 is 2. The summed E-state index contributed by atoms with van der Waals surface area (Å²) in [7, 11) is 2.85. The molecule has 2 heterocycles. The highest BCUT2D eigenvalue weighted by Gasteiger charge is 2.43. The largest absolute Gasteiger partial charge is 0.573 e. The molecule has 6 aromatic rings. The van der Waals surface area contributed by atoms with Crippen LogP contribution in [0.2, 0.25) is 0 Å². The van der Waals surface area contributed by atoms with Crippen LogP contribution in [0, 0.1) is 13.8 Å². The van der Waals surface area contributed by atoms with Gasteiger partial charge in [-0.25, -0.2) is 0 Å². The van der Waals surface area contributed by atoms with Crippen molar-refractivity contribution in [3.8, 4) is 23.0 Å². The standard InChI is InChI=1S/C47H46F6N4O8/c1-8-9-22-54-42(58)40(38-26(4)56(36-20-18-32(62-6)23-34(36)38)44(60)28-10-14-30(15-11-28)64-46(48,49)50)41(43(59)55-25(2)3)39-27(5)57(37-21-19-33(63-7)24-35(37)39)45(61)29-12-16-31(17-13-29)65-47(51,52)53/h10-21,23-25,40-41H,8-9,22H2,1-7H3,(H,54,58)(H,55,59). The van der Waals surface area contributed by atoms with E-state index in [1.807, 2.05) is 6.92 Å². The Morgan fingerprint density at radius 1 is 0.600 bits per heavy atom. The molecule has 0 aliphatic carbocycles. The first-order chi connectivity index (χ1) is 30.7. The van der Waals surface area contributed by atoms with Gasteiger partial charge in [0.2, 0.25) is 11.8 Å². The Kier molecular flexibility index (Phi) is 13.9. The van der Waals surface area contributed by atoms with Crippen LogP contribution in [0.25, 0.3) is 21.8 Å². The fourth-order valence-corrected chi connectivity index (χ4v) is 8.03. The first-order valence-electron chi connectivity index (χ1n) is 20.4. The van der Waals surface area contributed by atoms with Gasteiger partial charge in [0.25, 0.3) is 11.8 Å². The molecule has 6 rings (SSSR count). The summed E-state index contributed by atoms with van der Waals surface area (Å²) < 4.78 is 99.9. The summed E-state index contributed by atoms with van der Waals surface area (Å²) in [5.41, 5.74) is 1.39. The fourth-order valence-electron chi connectivity index (χ4n) is 8.03. The quantitative estimate of drug-likeness (QED) is 0.0768. The Hall–Kier alpha value is -6.98. The molecule has 0 saturated heterocycles. The molecule has 0 spiro atoms. The first-order valence-corrected chi connectivity index (χ1v) is 20.4. The van der Waals surface area contributed by atoms with Gasteiger partial charge in [0.1, 0.15) is 23.0 Å². The van der Waals surface area contributed by atoms with Crippen LogP contribution in [0.5, 0.6) is 23.0 Å². The lowest BCUT2D eigenvalue weighted by atomic mass is 9.77. The molecular weight excluding hydrogens is 863 g/mol. The number of fused-ring (bicyclic) bond motifs is 2. The zero-order valence-corrected chi connectivity index (χ0v) is 36.4. The second-order valence-corrected chi connectivity index (χ2v) is 15.5. The topological polar surface area (TPSA) is 139 Å². The molecule has 65 heavy (non-hydrogen) atoms. The number of aromatic nitrogens is 2.